The first-order chi connectivity index (χ1) is 12.0. The molecule has 0 atom stereocenters. The second kappa shape index (κ2) is 9.34. The van der Waals surface area contributed by atoms with Crippen molar-refractivity contribution in [2.75, 3.05) is 25.9 Å². The number of nitrogens with one attached hydrogen (secondary N) is 1. The molecular formula is C19H24N2O3S. The fraction of sp³-hybridized carbons (Fsp3) is 0.316. The summed E-state index contributed by atoms with van der Waals surface area (Å²) in [6.45, 7) is 0.993. The molecule has 0 bridgehead atoms. The molecule has 6 heteroatoms. The summed E-state index contributed by atoms with van der Waals surface area (Å²) in [7, 11) is -3.30. The van der Waals surface area contributed by atoms with E-state index in [1.54, 1.807) is 24.3 Å². The molecule has 0 radical (unpaired) electrons. The van der Waals surface area contributed by atoms with E-state index in [2.05, 4.69) is 5.32 Å². The average Bonchev–Trinajstić information content (AvgIpc) is 2.61. The molecule has 5 nitrogen and oxygen atoms in total. The fourth-order valence-corrected chi connectivity index (χ4v) is 3.42. The molecule has 0 aliphatic heterocycles. The summed E-state index contributed by atoms with van der Waals surface area (Å²) in [6, 6.07) is 18.9. The lowest BCUT2D eigenvalue weighted by Crippen LogP contribution is -2.38. The molecule has 0 aromatic heterocycles. The van der Waals surface area contributed by atoms with E-state index in [0.717, 1.165) is 12.8 Å². The highest BCUT2D eigenvalue weighted by Gasteiger charge is 2.16. The molecule has 0 aliphatic carbocycles. The highest BCUT2D eigenvalue weighted by molar-refractivity contribution is 7.88. The number of amides is 1. The number of carbonyl (C=O) groups is 1. The monoisotopic (exact) mass is 360 g/mol. The van der Waals surface area contributed by atoms with Gasteiger partial charge in [0, 0.05) is 25.2 Å². The minimum absolute atomic E-state index is 0.196. The van der Waals surface area contributed by atoms with Crippen LogP contribution >= 0.6 is 0 Å². The van der Waals surface area contributed by atoms with Crippen molar-refractivity contribution in [3.05, 3.63) is 71.8 Å². The van der Waals surface area contributed by atoms with Crippen LogP contribution in [0.4, 0.5) is 0 Å². The van der Waals surface area contributed by atoms with Crippen LogP contribution in [0.15, 0.2) is 60.7 Å². The molecule has 2 aromatic carbocycles. The van der Waals surface area contributed by atoms with E-state index in [0.29, 0.717) is 12.1 Å². The van der Waals surface area contributed by atoms with Gasteiger partial charge in [0.2, 0.25) is 10.0 Å². The largest absolute Gasteiger partial charge is 0.351 e. The zero-order valence-electron chi connectivity index (χ0n) is 14.4. The van der Waals surface area contributed by atoms with Crippen LogP contribution in [-0.4, -0.2) is 44.5 Å². The zero-order valence-corrected chi connectivity index (χ0v) is 15.2. The Morgan fingerprint density at radius 3 is 2.16 bits per heavy atom. The quantitative estimate of drug-likeness (QED) is 0.746. The number of carbonyl (C=O) groups excluding carboxylic acids is 1. The van der Waals surface area contributed by atoms with Crippen molar-refractivity contribution in [3.8, 4) is 0 Å². The Hall–Kier alpha value is -2.18. The SMILES string of the molecule is CS(=O)(=O)N(CCCc1ccccc1)CCNC(=O)c1ccccc1. The predicted molar refractivity (Wildman–Crippen MR) is 100.0 cm³/mol. The smallest absolute Gasteiger partial charge is 0.251 e. The molecule has 2 aromatic rings. The molecule has 25 heavy (non-hydrogen) atoms. The van der Waals surface area contributed by atoms with E-state index in [1.807, 2.05) is 36.4 Å². The summed E-state index contributed by atoms with van der Waals surface area (Å²) in [5.74, 6) is -0.196. The van der Waals surface area contributed by atoms with E-state index in [9.17, 15) is 13.2 Å². The molecule has 0 spiro atoms. The number of nitrogens with zero attached hydrogens (tertiary/aromatic N) is 1. The maximum atomic E-state index is 12.0. The van der Waals surface area contributed by atoms with Crippen molar-refractivity contribution in [2.45, 2.75) is 12.8 Å². The Bertz CT molecular complexity index is 762. The molecular weight excluding hydrogens is 336 g/mol. The summed E-state index contributed by atoms with van der Waals surface area (Å²) in [4.78, 5) is 12.0. The van der Waals surface area contributed by atoms with Crippen LogP contribution in [-0.2, 0) is 16.4 Å². The van der Waals surface area contributed by atoms with Gasteiger partial charge in [0.1, 0.15) is 0 Å². The summed E-state index contributed by atoms with van der Waals surface area (Å²) >= 11 is 0. The summed E-state index contributed by atoms with van der Waals surface area (Å²) < 4.78 is 25.3. The van der Waals surface area contributed by atoms with Crippen molar-refractivity contribution < 1.29 is 13.2 Å². The van der Waals surface area contributed by atoms with Gasteiger partial charge in [-0.2, -0.15) is 0 Å². The second-order valence-corrected chi connectivity index (χ2v) is 7.86. The first-order valence-corrected chi connectivity index (χ1v) is 10.1. The maximum Gasteiger partial charge on any atom is 0.251 e. The van der Waals surface area contributed by atoms with Gasteiger partial charge in [-0.15, -0.1) is 0 Å². The van der Waals surface area contributed by atoms with Crippen LogP contribution < -0.4 is 5.32 Å². The summed E-state index contributed by atoms with van der Waals surface area (Å²) in [5, 5.41) is 2.76. The van der Waals surface area contributed by atoms with E-state index < -0.39 is 10.0 Å². The average molecular weight is 360 g/mol. The zero-order chi connectivity index (χ0) is 18.1. The van der Waals surface area contributed by atoms with Crippen molar-refractivity contribution in [1.29, 1.82) is 0 Å². The van der Waals surface area contributed by atoms with Crippen LogP contribution in [0.25, 0.3) is 0 Å². The molecule has 2 rings (SSSR count). The molecule has 0 saturated heterocycles. The molecule has 134 valence electrons. The van der Waals surface area contributed by atoms with Crippen LogP contribution in [0.5, 0.6) is 0 Å². The normalized spacial score (nSPS) is 11.4. The number of rotatable bonds is 9. The molecule has 0 aliphatic rings. The minimum atomic E-state index is -3.30. The van der Waals surface area contributed by atoms with Gasteiger partial charge < -0.3 is 5.32 Å². The predicted octanol–water partition coefficient (Wildman–Crippen LogP) is 2.31. The fourth-order valence-electron chi connectivity index (χ4n) is 2.53. The van der Waals surface area contributed by atoms with Crippen molar-refractivity contribution in [1.82, 2.24) is 9.62 Å². The molecule has 1 N–H and O–H groups in total. The lowest BCUT2D eigenvalue weighted by molar-refractivity contribution is 0.0951. The van der Waals surface area contributed by atoms with Gasteiger partial charge in [-0.25, -0.2) is 12.7 Å². The number of aryl methyl sites for hydroxylation is 1. The second-order valence-electron chi connectivity index (χ2n) is 5.87. The first kappa shape index (κ1) is 19.1. The Labute approximate surface area is 149 Å². The Kier molecular flexibility index (Phi) is 7.16. The van der Waals surface area contributed by atoms with Gasteiger partial charge in [0.25, 0.3) is 5.91 Å². The molecule has 0 unspecified atom stereocenters. The van der Waals surface area contributed by atoms with Crippen LogP contribution in [0.1, 0.15) is 22.3 Å². The van der Waals surface area contributed by atoms with E-state index in [4.69, 9.17) is 0 Å². The highest BCUT2D eigenvalue weighted by atomic mass is 32.2. The summed E-state index contributed by atoms with van der Waals surface area (Å²) in [5.41, 5.74) is 1.76. The third kappa shape index (κ3) is 6.68. The van der Waals surface area contributed by atoms with Gasteiger partial charge in [0.15, 0.2) is 0 Å². The van der Waals surface area contributed by atoms with Crippen LogP contribution in [0, 0.1) is 0 Å². The number of sulfonamides is 1. The van der Waals surface area contributed by atoms with Gasteiger partial charge >= 0.3 is 0 Å². The van der Waals surface area contributed by atoms with E-state index in [1.165, 1.54) is 16.1 Å². The van der Waals surface area contributed by atoms with Gasteiger partial charge in [-0.1, -0.05) is 48.5 Å². The first-order valence-electron chi connectivity index (χ1n) is 8.29. The van der Waals surface area contributed by atoms with Crippen LogP contribution in [0.3, 0.4) is 0 Å². The van der Waals surface area contributed by atoms with Crippen molar-refractivity contribution in [3.63, 3.8) is 0 Å². The molecule has 1 amide bonds. The molecule has 0 fully saturated rings. The molecule has 0 saturated carbocycles. The van der Waals surface area contributed by atoms with Crippen molar-refractivity contribution in [2.24, 2.45) is 0 Å². The third-order valence-electron chi connectivity index (χ3n) is 3.87. The topological polar surface area (TPSA) is 66.5 Å². The minimum Gasteiger partial charge on any atom is -0.351 e. The van der Waals surface area contributed by atoms with E-state index in [-0.39, 0.29) is 19.0 Å². The number of hydrogen-bond donors (Lipinski definition) is 1. The van der Waals surface area contributed by atoms with E-state index >= 15 is 0 Å². The lowest BCUT2D eigenvalue weighted by Gasteiger charge is -2.20. The van der Waals surface area contributed by atoms with Crippen molar-refractivity contribution >= 4 is 15.9 Å². The molecule has 0 heterocycles. The third-order valence-corrected chi connectivity index (χ3v) is 5.17. The Morgan fingerprint density at radius 2 is 1.56 bits per heavy atom. The Morgan fingerprint density at radius 1 is 0.960 bits per heavy atom. The number of benzene rings is 2. The summed E-state index contributed by atoms with van der Waals surface area (Å²) in [6.07, 6.45) is 2.77. The number of hydrogen-bond acceptors (Lipinski definition) is 3. The maximum absolute atomic E-state index is 12.0. The highest BCUT2D eigenvalue weighted by Crippen LogP contribution is 2.06. The van der Waals surface area contributed by atoms with Gasteiger partial charge in [-0.05, 0) is 30.5 Å². The van der Waals surface area contributed by atoms with Gasteiger partial charge in [0.05, 0.1) is 6.26 Å². The lowest BCUT2D eigenvalue weighted by atomic mass is 10.1. The van der Waals surface area contributed by atoms with Crippen LogP contribution in [0.2, 0.25) is 0 Å². The van der Waals surface area contributed by atoms with Gasteiger partial charge in [-0.3, -0.25) is 4.79 Å². The Balaban J connectivity index is 1.81. The standard InChI is InChI=1S/C19H24N2O3S/c1-25(23,24)21(15-8-11-17-9-4-2-5-10-17)16-14-20-19(22)18-12-6-3-7-13-18/h2-7,9-10,12-13H,8,11,14-16H2,1H3,(H,20,22).